The number of rotatable bonds is 4. The molecule has 0 saturated heterocycles. The first-order chi connectivity index (χ1) is 11.6. The van der Waals surface area contributed by atoms with Gasteiger partial charge in [-0.3, -0.25) is 4.79 Å². The maximum absolute atomic E-state index is 12.4. The van der Waals surface area contributed by atoms with Crippen molar-refractivity contribution in [2.24, 2.45) is 5.92 Å². The van der Waals surface area contributed by atoms with Crippen LogP contribution in [-0.2, 0) is 4.79 Å². The van der Waals surface area contributed by atoms with Crippen molar-refractivity contribution in [3.8, 4) is 11.1 Å². The molecule has 1 heterocycles. The molecule has 0 spiro atoms. The topological polar surface area (TPSA) is 58.1 Å². The average Bonchev–Trinajstić information content (AvgIpc) is 2.63. The van der Waals surface area contributed by atoms with Crippen LogP contribution in [-0.4, -0.2) is 30.0 Å². The van der Waals surface area contributed by atoms with E-state index in [-0.39, 0.29) is 11.8 Å². The number of hydrogen-bond donors (Lipinski definition) is 1. The van der Waals surface area contributed by atoms with Crippen LogP contribution in [0.3, 0.4) is 0 Å². The van der Waals surface area contributed by atoms with E-state index in [9.17, 15) is 4.79 Å². The molecule has 1 aliphatic rings. The predicted octanol–water partition coefficient (Wildman–Crippen LogP) is 3.73. The lowest BCUT2D eigenvalue weighted by Gasteiger charge is -2.20. The number of nitrogens with one attached hydrogen (secondary N) is 1. The largest absolute Gasteiger partial charge is 0.347 e. The van der Waals surface area contributed by atoms with Gasteiger partial charge in [-0.25, -0.2) is 9.97 Å². The highest BCUT2D eigenvalue weighted by Crippen LogP contribution is 2.26. The zero-order chi connectivity index (χ0) is 16.9. The Bertz CT molecular complexity index is 691. The minimum absolute atomic E-state index is 0.144. The highest BCUT2D eigenvalue weighted by molar-refractivity contribution is 5.93. The van der Waals surface area contributed by atoms with Crippen LogP contribution < -0.4 is 10.2 Å². The van der Waals surface area contributed by atoms with E-state index in [1.54, 1.807) is 0 Å². The Morgan fingerprint density at radius 3 is 2.46 bits per heavy atom. The molecule has 5 heteroatoms. The van der Waals surface area contributed by atoms with E-state index in [2.05, 4.69) is 15.3 Å². The Morgan fingerprint density at radius 2 is 1.79 bits per heavy atom. The van der Waals surface area contributed by atoms with Crippen LogP contribution in [0.4, 0.5) is 11.6 Å². The van der Waals surface area contributed by atoms with Crippen molar-refractivity contribution in [3.63, 3.8) is 0 Å². The highest BCUT2D eigenvalue weighted by atomic mass is 16.1. The Labute approximate surface area is 143 Å². The second-order valence-electron chi connectivity index (χ2n) is 6.57. The van der Waals surface area contributed by atoms with Gasteiger partial charge < -0.3 is 10.2 Å². The Morgan fingerprint density at radius 1 is 1.08 bits per heavy atom. The number of carbonyl (C=O) groups excluding carboxylic acids is 1. The lowest BCUT2D eigenvalue weighted by atomic mass is 9.88. The first-order valence-corrected chi connectivity index (χ1v) is 8.54. The van der Waals surface area contributed by atoms with Gasteiger partial charge in [0.15, 0.2) is 0 Å². The second kappa shape index (κ2) is 7.43. The molecule has 24 heavy (non-hydrogen) atoms. The fraction of sp³-hybridized carbons (Fsp3) is 0.421. The predicted molar refractivity (Wildman–Crippen MR) is 97.0 cm³/mol. The molecular weight excluding hydrogens is 300 g/mol. The first-order valence-electron chi connectivity index (χ1n) is 8.54. The van der Waals surface area contributed by atoms with Crippen molar-refractivity contribution in [2.75, 3.05) is 24.3 Å². The van der Waals surface area contributed by atoms with Crippen LogP contribution in [0.15, 0.2) is 36.7 Å². The standard InChI is InChI=1S/C19H24N4O/c1-23(2)19-20-12-16(13-21-19)15-9-6-10-17(11-15)22-18(24)14-7-4-3-5-8-14/h6,9-14H,3-5,7-8H2,1-2H3,(H,22,24). The van der Waals surface area contributed by atoms with Gasteiger partial charge in [0.1, 0.15) is 0 Å². The lowest BCUT2D eigenvalue weighted by Crippen LogP contribution is -2.24. The summed E-state index contributed by atoms with van der Waals surface area (Å²) in [6, 6.07) is 7.87. The van der Waals surface area contributed by atoms with Gasteiger partial charge >= 0.3 is 0 Å². The number of nitrogens with zero attached hydrogens (tertiary/aromatic N) is 3. The van der Waals surface area contributed by atoms with Crippen molar-refractivity contribution < 1.29 is 4.79 Å². The van der Waals surface area contributed by atoms with Crippen LogP contribution in [0.1, 0.15) is 32.1 Å². The normalized spacial score (nSPS) is 15.1. The van der Waals surface area contributed by atoms with Gasteiger partial charge in [0.05, 0.1) is 0 Å². The van der Waals surface area contributed by atoms with Gasteiger partial charge in [-0.15, -0.1) is 0 Å². The summed E-state index contributed by atoms with van der Waals surface area (Å²) in [5.74, 6) is 0.983. The second-order valence-corrected chi connectivity index (χ2v) is 6.57. The highest BCUT2D eigenvalue weighted by Gasteiger charge is 2.21. The van der Waals surface area contributed by atoms with Gasteiger partial charge in [0.25, 0.3) is 0 Å². The van der Waals surface area contributed by atoms with Crippen LogP contribution in [0.2, 0.25) is 0 Å². The number of carbonyl (C=O) groups is 1. The molecule has 1 amide bonds. The van der Waals surface area contributed by atoms with E-state index < -0.39 is 0 Å². The molecular formula is C19H24N4O. The van der Waals surface area contributed by atoms with Gasteiger partial charge in [-0.1, -0.05) is 31.4 Å². The SMILES string of the molecule is CN(C)c1ncc(-c2cccc(NC(=O)C3CCCCC3)c2)cn1. The maximum atomic E-state index is 12.4. The molecule has 5 nitrogen and oxygen atoms in total. The third-order valence-corrected chi connectivity index (χ3v) is 4.48. The molecule has 1 saturated carbocycles. The van der Waals surface area contributed by atoms with E-state index in [0.717, 1.165) is 42.5 Å². The number of benzene rings is 1. The zero-order valence-electron chi connectivity index (χ0n) is 14.3. The lowest BCUT2D eigenvalue weighted by molar-refractivity contribution is -0.120. The number of hydrogen-bond acceptors (Lipinski definition) is 4. The molecule has 3 rings (SSSR count). The van der Waals surface area contributed by atoms with Crippen molar-refractivity contribution in [1.29, 1.82) is 0 Å². The summed E-state index contributed by atoms with van der Waals surface area (Å²) in [6.45, 7) is 0. The summed E-state index contributed by atoms with van der Waals surface area (Å²) in [6.07, 6.45) is 9.20. The molecule has 1 aliphatic carbocycles. The molecule has 2 aromatic rings. The van der Waals surface area contributed by atoms with E-state index in [1.807, 2.05) is 55.7 Å². The zero-order valence-corrected chi connectivity index (χ0v) is 14.3. The molecule has 0 unspecified atom stereocenters. The van der Waals surface area contributed by atoms with E-state index in [1.165, 1.54) is 6.42 Å². The van der Waals surface area contributed by atoms with E-state index in [4.69, 9.17) is 0 Å². The van der Waals surface area contributed by atoms with Crippen molar-refractivity contribution in [3.05, 3.63) is 36.7 Å². The molecule has 1 aromatic heterocycles. The van der Waals surface area contributed by atoms with Gasteiger partial charge in [-0.05, 0) is 30.5 Å². The van der Waals surface area contributed by atoms with Crippen LogP contribution in [0, 0.1) is 5.92 Å². The van der Waals surface area contributed by atoms with E-state index in [0.29, 0.717) is 5.95 Å². The van der Waals surface area contributed by atoms with Crippen LogP contribution in [0.25, 0.3) is 11.1 Å². The van der Waals surface area contributed by atoms with Crippen molar-refractivity contribution in [2.45, 2.75) is 32.1 Å². The van der Waals surface area contributed by atoms with Crippen molar-refractivity contribution >= 4 is 17.5 Å². The van der Waals surface area contributed by atoms with Crippen LogP contribution >= 0.6 is 0 Å². The quantitative estimate of drug-likeness (QED) is 0.931. The average molecular weight is 324 g/mol. The summed E-state index contributed by atoms with van der Waals surface area (Å²) in [5, 5.41) is 3.06. The molecule has 0 atom stereocenters. The smallest absolute Gasteiger partial charge is 0.227 e. The number of amides is 1. The Balaban J connectivity index is 1.72. The third-order valence-electron chi connectivity index (χ3n) is 4.48. The van der Waals surface area contributed by atoms with Gasteiger partial charge in [0, 0.05) is 43.7 Å². The molecule has 126 valence electrons. The first kappa shape index (κ1) is 16.4. The fourth-order valence-corrected chi connectivity index (χ4v) is 3.09. The molecule has 1 aromatic carbocycles. The minimum Gasteiger partial charge on any atom is -0.347 e. The van der Waals surface area contributed by atoms with Crippen LogP contribution in [0.5, 0.6) is 0 Å². The minimum atomic E-state index is 0.144. The molecule has 1 N–H and O–H groups in total. The third kappa shape index (κ3) is 3.91. The summed E-state index contributed by atoms with van der Waals surface area (Å²) >= 11 is 0. The maximum Gasteiger partial charge on any atom is 0.227 e. The van der Waals surface area contributed by atoms with Gasteiger partial charge in [-0.2, -0.15) is 0 Å². The summed E-state index contributed by atoms with van der Waals surface area (Å²) in [5.41, 5.74) is 2.77. The molecule has 0 bridgehead atoms. The molecule has 0 aliphatic heterocycles. The van der Waals surface area contributed by atoms with E-state index >= 15 is 0 Å². The van der Waals surface area contributed by atoms with Gasteiger partial charge in [0.2, 0.25) is 11.9 Å². The monoisotopic (exact) mass is 324 g/mol. The summed E-state index contributed by atoms with van der Waals surface area (Å²) in [4.78, 5) is 23.0. The summed E-state index contributed by atoms with van der Waals surface area (Å²) in [7, 11) is 3.83. The Hall–Kier alpha value is -2.43. The van der Waals surface area contributed by atoms with Crippen molar-refractivity contribution in [1.82, 2.24) is 9.97 Å². The number of anilines is 2. The Kier molecular flexibility index (Phi) is 5.08. The summed E-state index contributed by atoms with van der Waals surface area (Å²) < 4.78 is 0. The molecule has 1 fully saturated rings. The number of aromatic nitrogens is 2. The fourth-order valence-electron chi connectivity index (χ4n) is 3.09. The molecule has 0 radical (unpaired) electrons.